The van der Waals surface area contributed by atoms with Gasteiger partial charge in [0.15, 0.2) is 0 Å². The maximum atomic E-state index is 13.8. The van der Waals surface area contributed by atoms with Crippen LogP contribution in [0.4, 0.5) is 4.39 Å². The van der Waals surface area contributed by atoms with Crippen molar-refractivity contribution in [2.45, 2.75) is 70.6 Å². The fraction of sp³-hybridized carbons (Fsp3) is 0.500. The summed E-state index contributed by atoms with van der Waals surface area (Å²) in [7, 11) is 0. The number of ketones is 1. The number of hydrogen-bond acceptors (Lipinski definition) is 1. The summed E-state index contributed by atoms with van der Waals surface area (Å²) in [6, 6.07) is 14.1. The molecule has 148 valence electrons. The molecule has 0 aliphatic heterocycles. The summed E-state index contributed by atoms with van der Waals surface area (Å²) in [6.45, 7) is 1.79. The lowest BCUT2D eigenvalue weighted by atomic mass is 9.76. The molecule has 0 N–H and O–H groups in total. The van der Waals surface area contributed by atoms with E-state index in [1.165, 1.54) is 44.1 Å². The number of hydrogen-bond donors (Lipinski definition) is 0. The normalized spacial score (nSPS) is 23.1. The van der Waals surface area contributed by atoms with Crippen LogP contribution >= 0.6 is 0 Å². The van der Waals surface area contributed by atoms with Gasteiger partial charge in [-0.1, -0.05) is 49.2 Å². The molecule has 0 saturated heterocycles. The van der Waals surface area contributed by atoms with Gasteiger partial charge in [-0.3, -0.25) is 4.79 Å². The third-order valence-electron chi connectivity index (χ3n) is 7.03. The molecule has 0 aromatic heterocycles. The van der Waals surface area contributed by atoms with Crippen LogP contribution in [-0.2, 0) is 4.79 Å². The standard InChI is InChI=1S/C26H31FO/c1-18-6-9-24(17-25(18)27)22-14-12-21(13-15-22)20-10-7-19(8-11-20)16-26(28)23-4-2-3-5-23/h6,9,12-15,17,19-20,23H,2-5,7-8,10-11,16H2,1H3. The SMILES string of the molecule is Cc1ccc(-c2ccc(C3CCC(CC(=O)C4CCCC4)CC3)cc2)cc1F. The molecular weight excluding hydrogens is 347 g/mol. The molecule has 0 atom stereocenters. The van der Waals surface area contributed by atoms with E-state index >= 15 is 0 Å². The van der Waals surface area contributed by atoms with E-state index in [2.05, 4.69) is 24.3 Å². The van der Waals surface area contributed by atoms with Crippen molar-refractivity contribution in [3.05, 3.63) is 59.4 Å². The van der Waals surface area contributed by atoms with Gasteiger partial charge in [0.1, 0.15) is 11.6 Å². The molecule has 4 rings (SSSR count). The van der Waals surface area contributed by atoms with Gasteiger partial charge in [0.05, 0.1) is 0 Å². The van der Waals surface area contributed by atoms with E-state index in [0.717, 1.165) is 30.4 Å². The zero-order chi connectivity index (χ0) is 19.5. The van der Waals surface area contributed by atoms with E-state index in [1.54, 1.807) is 13.0 Å². The molecule has 2 aliphatic rings. The number of benzene rings is 2. The van der Waals surface area contributed by atoms with Crippen LogP contribution in [0.15, 0.2) is 42.5 Å². The first-order chi connectivity index (χ1) is 13.6. The second-order valence-corrected chi connectivity index (χ2v) is 8.96. The number of carbonyl (C=O) groups is 1. The average Bonchev–Trinajstić information content (AvgIpc) is 3.26. The number of rotatable bonds is 5. The Bertz CT molecular complexity index is 809. The van der Waals surface area contributed by atoms with Gasteiger partial charge >= 0.3 is 0 Å². The van der Waals surface area contributed by atoms with Gasteiger partial charge in [0.2, 0.25) is 0 Å². The van der Waals surface area contributed by atoms with Crippen molar-refractivity contribution in [3.8, 4) is 11.1 Å². The minimum absolute atomic E-state index is 0.146. The minimum atomic E-state index is -0.146. The lowest BCUT2D eigenvalue weighted by Crippen LogP contribution is -2.20. The van der Waals surface area contributed by atoms with Gasteiger partial charge < -0.3 is 0 Å². The topological polar surface area (TPSA) is 17.1 Å². The summed E-state index contributed by atoms with van der Waals surface area (Å²) in [5.41, 5.74) is 4.07. The maximum absolute atomic E-state index is 13.8. The van der Waals surface area contributed by atoms with E-state index in [0.29, 0.717) is 29.1 Å². The highest BCUT2D eigenvalue weighted by Crippen LogP contribution is 2.39. The summed E-state index contributed by atoms with van der Waals surface area (Å²) < 4.78 is 13.8. The highest BCUT2D eigenvalue weighted by atomic mass is 19.1. The first-order valence-corrected chi connectivity index (χ1v) is 11.0. The zero-order valence-electron chi connectivity index (χ0n) is 16.9. The highest BCUT2D eigenvalue weighted by Gasteiger charge is 2.28. The molecule has 0 spiro atoms. The Balaban J connectivity index is 1.33. The van der Waals surface area contributed by atoms with E-state index in [4.69, 9.17) is 0 Å². The van der Waals surface area contributed by atoms with Crippen LogP contribution in [0.2, 0.25) is 0 Å². The van der Waals surface area contributed by atoms with Gasteiger partial charge in [0.25, 0.3) is 0 Å². The van der Waals surface area contributed by atoms with Crippen molar-refractivity contribution in [1.29, 1.82) is 0 Å². The largest absolute Gasteiger partial charge is 0.299 e. The van der Waals surface area contributed by atoms with Crippen LogP contribution in [0.25, 0.3) is 11.1 Å². The van der Waals surface area contributed by atoms with Crippen LogP contribution < -0.4 is 0 Å². The number of carbonyl (C=O) groups excluding carboxylic acids is 1. The second-order valence-electron chi connectivity index (χ2n) is 8.96. The molecule has 0 bridgehead atoms. The third kappa shape index (κ3) is 4.37. The van der Waals surface area contributed by atoms with Crippen LogP contribution in [-0.4, -0.2) is 5.78 Å². The lowest BCUT2D eigenvalue weighted by Gasteiger charge is -2.29. The van der Waals surface area contributed by atoms with E-state index in [1.807, 2.05) is 12.1 Å². The monoisotopic (exact) mass is 378 g/mol. The van der Waals surface area contributed by atoms with Crippen LogP contribution in [0.5, 0.6) is 0 Å². The Labute approximate surface area is 168 Å². The Morgan fingerprint density at radius 3 is 2.18 bits per heavy atom. The van der Waals surface area contributed by atoms with E-state index in [-0.39, 0.29) is 5.82 Å². The van der Waals surface area contributed by atoms with Crippen molar-refractivity contribution >= 4 is 5.78 Å². The molecule has 2 aromatic carbocycles. The fourth-order valence-corrected chi connectivity index (χ4v) is 5.12. The Kier molecular flexibility index (Phi) is 5.94. The van der Waals surface area contributed by atoms with Gasteiger partial charge in [0, 0.05) is 12.3 Å². The van der Waals surface area contributed by atoms with Crippen LogP contribution in [0.3, 0.4) is 0 Å². The summed E-state index contributed by atoms with van der Waals surface area (Å²) in [5, 5.41) is 0. The van der Waals surface area contributed by atoms with Gasteiger partial charge in [-0.25, -0.2) is 4.39 Å². The predicted molar refractivity (Wildman–Crippen MR) is 113 cm³/mol. The first-order valence-electron chi connectivity index (χ1n) is 11.0. The lowest BCUT2D eigenvalue weighted by molar-refractivity contribution is -0.123. The number of Topliss-reactive ketones (excluding diaryl/α,β-unsaturated/α-hetero) is 1. The molecule has 2 aromatic rings. The molecule has 1 nitrogen and oxygen atoms in total. The molecule has 2 saturated carbocycles. The summed E-state index contributed by atoms with van der Waals surface area (Å²) in [6.07, 6.45) is 10.3. The molecular formula is C26H31FO. The Morgan fingerprint density at radius 2 is 1.54 bits per heavy atom. The number of aryl methyl sites for hydroxylation is 1. The quantitative estimate of drug-likeness (QED) is 0.536. The summed E-state index contributed by atoms with van der Waals surface area (Å²) in [4.78, 5) is 12.5. The van der Waals surface area contributed by atoms with Gasteiger partial charge in [-0.2, -0.15) is 0 Å². The third-order valence-corrected chi connectivity index (χ3v) is 7.03. The molecule has 0 amide bonds. The molecule has 0 unspecified atom stereocenters. The van der Waals surface area contributed by atoms with Gasteiger partial charge in [-0.05, 0) is 85.6 Å². The molecule has 2 fully saturated rings. The van der Waals surface area contributed by atoms with Crippen molar-refractivity contribution in [3.63, 3.8) is 0 Å². The zero-order valence-corrected chi connectivity index (χ0v) is 16.9. The smallest absolute Gasteiger partial charge is 0.136 e. The van der Waals surface area contributed by atoms with Crippen LogP contribution in [0, 0.1) is 24.6 Å². The van der Waals surface area contributed by atoms with E-state index < -0.39 is 0 Å². The van der Waals surface area contributed by atoms with Gasteiger partial charge in [-0.15, -0.1) is 0 Å². The van der Waals surface area contributed by atoms with E-state index in [9.17, 15) is 9.18 Å². The predicted octanol–water partition coefficient (Wildman–Crippen LogP) is 7.22. The van der Waals surface area contributed by atoms with Crippen molar-refractivity contribution in [2.75, 3.05) is 0 Å². The average molecular weight is 379 g/mol. The maximum Gasteiger partial charge on any atom is 0.136 e. The van der Waals surface area contributed by atoms with Crippen molar-refractivity contribution in [1.82, 2.24) is 0 Å². The number of halogens is 1. The molecule has 2 aliphatic carbocycles. The second kappa shape index (κ2) is 8.59. The molecule has 2 heteroatoms. The van der Waals surface area contributed by atoms with Crippen molar-refractivity contribution < 1.29 is 9.18 Å². The summed E-state index contributed by atoms with van der Waals surface area (Å²) in [5.74, 6) is 1.96. The molecule has 28 heavy (non-hydrogen) atoms. The molecule has 0 radical (unpaired) electrons. The highest BCUT2D eigenvalue weighted by molar-refractivity contribution is 5.81. The minimum Gasteiger partial charge on any atom is -0.299 e. The van der Waals surface area contributed by atoms with Crippen LogP contribution in [0.1, 0.15) is 74.8 Å². The van der Waals surface area contributed by atoms with Crippen molar-refractivity contribution in [2.24, 2.45) is 11.8 Å². The fourth-order valence-electron chi connectivity index (χ4n) is 5.12. The summed E-state index contributed by atoms with van der Waals surface area (Å²) >= 11 is 0. The Morgan fingerprint density at radius 1 is 0.893 bits per heavy atom. The molecule has 0 heterocycles. The first kappa shape index (κ1) is 19.4. The Hall–Kier alpha value is -1.96.